The van der Waals surface area contributed by atoms with E-state index in [2.05, 4.69) is 163 Å². The summed E-state index contributed by atoms with van der Waals surface area (Å²) in [7, 11) is 0. The van der Waals surface area contributed by atoms with Gasteiger partial charge in [-0.25, -0.2) is 0 Å². The Morgan fingerprint density at radius 1 is 0.286 bits per heavy atom. The fourth-order valence-electron chi connectivity index (χ4n) is 5.84. The molecular formula is C41H29N. The molecule has 0 amide bonds. The highest BCUT2D eigenvalue weighted by atomic mass is 14.7. The van der Waals surface area contributed by atoms with Crippen LogP contribution in [0.1, 0.15) is 0 Å². The number of aromatic nitrogens is 1. The lowest BCUT2D eigenvalue weighted by Crippen LogP contribution is -1.98. The summed E-state index contributed by atoms with van der Waals surface area (Å²) in [5.41, 5.74) is 14.1. The number of pyridine rings is 1. The first kappa shape index (κ1) is 25.4. The van der Waals surface area contributed by atoms with Gasteiger partial charge in [-0.05, 0) is 79.9 Å². The summed E-state index contributed by atoms with van der Waals surface area (Å²) >= 11 is 0. The SMILES string of the molecule is c1ccc(-c2cc(-c3cccc(-c4ccccn4)c3)c(-c3ccccc3)c(-c3ccccc3)c2-c2ccccc2)cc1. The third-order valence-electron chi connectivity index (χ3n) is 7.73. The van der Waals surface area contributed by atoms with E-state index < -0.39 is 0 Å². The Balaban J connectivity index is 1.64. The number of hydrogen-bond acceptors (Lipinski definition) is 1. The van der Waals surface area contributed by atoms with Gasteiger partial charge < -0.3 is 0 Å². The predicted octanol–water partition coefficient (Wildman–Crippen LogP) is 11.1. The second-order valence-electron chi connectivity index (χ2n) is 10.4. The minimum atomic E-state index is 0.966. The molecule has 0 atom stereocenters. The van der Waals surface area contributed by atoms with E-state index in [4.69, 9.17) is 0 Å². The van der Waals surface area contributed by atoms with E-state index in [1.54, 1.807) is 0 Å². The van der Waals surface area contributed by atoms with Crippen molar-refractivity contribution in [2.45, 2.75) is 0 Å². The molecule has 0 spiro atoms. The maximum absolute atomic E-state index is 4.65. The lowest BCUT2D eigenvalue weighted by atomic mass is 9.78. The normalized spacial score (nSPS) is 10.9. The third kappa shape index (κ3) is 4.93. The van der Waals surface area contributed by atoms with Crippen molar-refractivity contribution in [2.24, 2.45) is 0 Å². The fraction of sp³-hybridized carbons (Fsp3) is 0. The van der Waals surface area contributed by atoms with Gasteiger partial charge in [-0.3, -0.25) is 4.98 Å². The molecule has 0 saturated carbocycles. The molecule has 0 N–H and O–H groups in total. The van der Waals surface area contributed by atoms with Crippen LogP contribution in [0.25, 0.3) is 66.9 Å². The van der Waals surface area contributed by atoms with Crippen LogP contribution in [0.3, 0.4) is 0 Å². The monoisotopic (exact) mass is 535 g/mol. The Hall–Kier alpha value is -5.53. The van der Waals surface area contributed by atoms with Crippen LogP contribution in [0.15, 0.2) is 176 Å². The van der Waals surface area contributed by atoms with Crippen LogP contribution in [0, 0.1) is 0 Å². The number of nitrogens with zero attached hydrogens (tertiary/aromatic N) is 1. The largest absolute Gasteiger partial charge is 0.256 e. The summed E-state index contributed by atoms with van der Waals surface area (Å²) in [6.07, 6.45) is 1.85. The molecule has 0 fully saturated rings. The molecule has 1 nitrogen and oxygen atoms in total. The van der Waals surface area contributed by atoms with Gasteiger partial charge in [0.1, 0.15) is 0 Å². The predicted molar refractivity (Wildman–Crippen MR) is 177 cm³/mol. The third-order valence-corrected chi connectivity index (χ3v) is 7.73. The maximum Gasteiger partial charge on any atom is 0.0702 e. The molecule has 7 aromatic rings. The summed E-state index contributed by atoms with van der Waals surface area (Å²) in [4.78, 5) is 4.65. The maximum atomic E-state index is 4.65. The van der Waals surface area contributed by atoms with Crippen molar-refractivity contribution in [1.82, 2.24) is 4.98 Å². The van der Waals surface area contributed by atoms with E-state index in [0.29, 0.717) is 0 Å². The first-order chi connectivity index (χ1) is 20.9. The van der Waals surface area contributed by atoms with Gasteiger partial charge in [0.15, 0.2) is 0 Å². The van der Waals surface area contributed by atoms with E-state index in [1.807, 2.05) is 18.3 Å². The molecule has 0 aliphatic heterocycles. The lowest BCUT2D eigenvalue weighted by molar-refractivity contribution is 1.33. The highest BCUT2D eigenvalue weighted by Gasteiger charge is 2.23. The van der Waals surface area contributed by atoms with E-state index in [1.165, 1.54) is 50.1 Å². The minimum absolute atomic E-state index is 0.966. The van der Waals surface area contributed by atoms with Gasteiger partial charge >= 0.3 is 0 Å². The Bertz CT molecular complexity index is 1930. The molecule has 0 unspecified atom stereocenters. The highest BCUT2D eigenvalue weighted by molar-refractivity contribution is 6.07. The first-order valence-corrected chi connectivity index (χ1v) is 14.3. The molecule has 0 bridgehead atoms. The summed E-state index contributed by atoms with van der Waals surface area (Å²) in [5, 5.41) is 0. The molecule has 0 aliphatic rings. The number of rotatable bonds is 6. The van der Waals surface area contributed by atoms with Crippen LogP contribution in [-0.2, 0) is 0 Å². The fourth-order valence-corrected chi connectivity index (χ4v) is 5.84. The van der Waals surface area contributed by atoms with Crippen molar-refractivity contribution in [3.8, 4) is 66.9 Å². The van der Waals surface area contributed by atoms with Crippen LogP contribution >= 0.6 is 0 Å². The summed E-state index contributed by atoms with van der Waals surface area (Å²) in [6.45, 7) is 0. The smallest absolute Gasteiger partial charge is 0.0702 e. The zero-order valence-corrected chi connectivity index (χ0v) is 23.2. The van der Waals surface area contributed by atoms with E-state index >= 15 is 0 Å². The quantitative estimate of drug-likeness (QED) is 0.206. The second kappa shape index (κ2) is 11.5. The average molecular weight is 536 g/mol. The molecular weight excluding hydrogens is 506 g/mol. The van der Waals surface area contributed by atoms with Crippen LogP contribution in [0.5, 0.6) is 0 Å². The zero-order chi connectivity index (χ0) is 28.1. The molecule has 1 heteroatoms. The molecule has 42 heavy (non-hydrogen) atoms. The number of hydrogen-bond donors (Lipinski definition) is 0. The molecule has 198 valence electrons. The van der Waals surface area contributed by atoms with Gasteiger partial charge in [-0.2, -0.15) is 0 Å². The summed E-state index contributed by atoms with van der Waals surface area (Å²) < 4.78 is 0. The van der Waals surface area contributed by atoms with Crippen molar-refractivity contribution in [3.05, 3.63) is 176 Å². The Labute approximate surface area is 247 Å². The van der Waals surface area contributed by atoms with Crippen molar-refractivity contribution < 1.29 is 0 Å². The van der Waals surface area contributed by atoms with Crippen LogP contribution in [0.4, 0.5) is 0 Å². The Morgan fingerprint density at radius 3 is 1.24 bits per heavy atom. The molecule has 0 radical (unpaired) electrons. The van der Waals surface area contributed by atoms with Crippen LogP contribution in [0.2, 0.25) is 0 Å². The Morgan fingerprint density at radius 2 is 0.714 bits per heavy atom. The van der Waals surface area contributed by atoms with Crippen molar-refractivity contribution in [1.29, 1.82) is 0 Å². The topological polar surface area (TPSA) is 12.9 Å². The van der Waals surface area contributed by atoms with Crippen LogP contribution < -0.4 is 0 Å². The molecule has 7 rings (SSSR count). The molecule has 6 aromatic carbocycles. The average Bonchev–Trinajstić information content (AvgIpc) is 3.09. The van der Waals surface area contributed by atoms with Gasteiger partial charge in [0.25, 0.3) is 0 Å². The first-order valence-electron chi connectivity index (χ1n) is 14.3. The summed E-state index contributed by atoms with van der Waals surface area (Å²) in [6, 6.07) is 60.4. The van der Waals surface area contributed by atoms with Gasteiger partial charge in [0.2, 0.25) is 0 Å². The van der Waals surface area contributed by atoms with Crippen molar-refractivity contribution in [3.63, 3.8) is 0 Å². The van der Waals surface area contributed by atoms with E-state index in [9.17, 15) is 0 Å². The van der Waals surface area contributed by atoms with Crippen molar-refractivity contribution in [2.75, 3.05) is 0 Å². The second-order valence-corrected chi connectivity index (χ2v) is 10.4. The zero-order valence-electron chi connectivity index (χ0n) is 23.2. The van der Waals surface area contributed by atoms with Crippen molar-refractivity contribution >= 4 is 0 Å². The molecule has 1 aromatic heterocycles. The molecule has 0 saturated heterocycles. The van der Waals surface area contributed by atoms with Gasteiger partial charge in [0, 0.05) is 11.8 Å². The van der Waals surface area contributed by atoms with Gasteiger partial charge in [-0.15, -0.1) is 0 Å². The van der Waals surface area contributed by atoms with Gasteiger partial charge in [0.05, 0.1) is 5.69 Å². The minimum Gasteiger partial charge on any atom is -0.256 e. The standard InChI is InChI=1S/C41H29N/c1-5-16-30(17-6-1)36-29-37(34-24-15-25-35(28-34)38-26-13-14-27-42-38)40(32-20-9-3-10-21-32)41(33-22-11-4-12-23-33)39(36)31-18-7-2-8-19-31/h1-29H. The highest BCUT2D eigenvalue weighted by Crippen LogP contribution is 2.50. The van der Waals surface area contributed by atoms with E-state index in [-0.39, 0.29) is 0 Å². The van der Waals surface area contributed by atoms with Gasteiger partial charge in [-0.1, -0.05) is 146 Å². The van der Waals surface area contributed by atoms with Crippen LogP contribution in [-0.4, -0.2) is 4.98 Å². The molecule has 1 heterocycles. The number of benzene rings is 6. The summed E-state index contributed by atoms with van der Waals surface area (Å²) in [5.74, 6) is 0. The van der Waals surface area contributed by atoms with E-state index in [0.717, 1.165) is 16.8 Å². The lowest BCUT2D eigenvalue weighted by Gasteiger charge is -2.24. The Kier molecular flexibility index (Phi) is 6.98. The molecule has 0 aliphatic carbocycles.